The third-order valence-electron chi connectivity index (χ3n) is 10.8. The highest BCUT2D eigenvalue weighted by Gasteiger charge is 2.21. The predicted octanol–water partition coefficient (Wildman–Crippen LogP) is 12.7. The first-order chi connectivity index (χ1) is 27.8. The van der Waals surface area contributed by atoms with E-state index in [2.05, 4.69) is 209 Å². The number of benzene rings is 8. The molecule has 5 nitrogen and oxygen atoms in total. The second-order valence-corrected chi connectivity index (χ2v) is 14.1. The average molecular weight is 716 g/mol. The molecular weight excluding hydrogens is 683 g/mol. The van der Waals surface area contributed by atoms with Crippen LogP contribution < -0.4 is 0 Å². The van der Waals surface area contributed by atoms with Crippen LogP contribution in [0.2, 0.25) is 0 Å². The summed E-state index contributed by atoms with van der Waals surface area (Å²) >= 11 is 0. The molecule has 0 aliphatic carbocycles. The first-order valence-electron chi connectivity index (χ1n) is 18.9. The third-order valence-corrected chi connectivity index (χ3v) is 10.8. The Balaban J connectivity index is 1.11. The molecule has 262 valence electrons. The van der Waals surface area contributed by atoms with Gasteiger partial charge < -0.3 is 0 Å². The molecule has 0 aliphatic heterocycles. The van der Waals surface area contributed by atoms with Crippen molar-refractivity contribution in [3.8, 4) is 56.7 Å². The van der Waals surface area contributed by atoms with Gasteiger partial charge in [0.2, 0.25) is 11.9 Å². The first-order valence-corrected chi connectivity index (χ1v) is 18.9. The lowest BCUT2D eigenvalue weighted by Gasteiger charge is -2.14. The molecule has 0 aliphatic rings. The molecule has 5 heteroatoms. The molecule has 0 atom stereocenters. The molecule has 8 aromatic carbocycles. The van der Waals surface area contributed by atoms with Crippen LogP contribution in [-0.4, -0.2) is 24.1 Å². The maximum absolute atomic E-state index is 5.33. The van der Waals surface area contributed by atoms with Crippen molar-refractivity contribution >= 4 is 43.6 Å². The van der Waals surface area contributed by atoms with E-state index in [1.54, 1.807) is 0 Å². The average Bonchev–Trinajstić information content (AvgIpc) is 3.80. The van der Waals surface area contributed by atoms with Crippen LogP contribution in [0.25, 0.3) is 100 Å². The molecule has 0 saturated carbocycles. The van der Waals surface area contributed by atoms with Crippen molar-refractivity contribution in [2.75, 3.05) is 0 Å². The van der Waals surface area contributed by atoms with Crippen molar-refractivity contribution in [3.05, 3.63) is 200 Å². The van der Waals surface area contributed by atoms with Gasteiger partial charge >= 0.3 is 0 Å². The lowest BCUT2D eigenvalue weighted by atomic mass is 9.95. The van der Waals surface area contributed by atoms with Gasteiger partial charge in [0.15, 0.2) is 5.82 Å². The molecule has 0 fully saturated rings. The van der Waals surface area contributed by atoms with E-state index in [1.807, 2.05) is 0 Å². The fourth-order valence-electron chi connectivity index (χ4n) is 8.23. The van der Waals surface area contributed by atoms with Crippen LogP contribution in [0.1, 0.15) is 0 Å². The molecule has 11 rings (SSSR count). The summed E-state index contributed by atoms with van der Waals surface area (Å²) in [6, 6.07) is 70.4. The van der Waals surface area contributed by atoms with Gasteiger partial charge in [0.05, 0.1) is 22.1 Å². The number of hydrogen-bond donors (Lipinski definition) is 0. The minimum Gasteiger partial charge on any atom is -0.278 e. The molecule has 3 aromatic heterocycles. The van der Waals surface area contributed by atoms with Crippen molar-refractivity contribution in [2.45, 2.75) is 0 Å². The van der Waals surface area contributed by atoms with Crippen LogP contribution in [0.5, 0.6) is 0 Å². The summed E-state index contributed by atoms with van der Waals surface area (Å²) in [6.45, 7) is 0. The summed E-state index contributed by atoms with van der Waals surface area (Å²) in [7, 11) is 0. The number of rotatable bonds is 6. The monoisotopic (exact) mass is 715 g/mol. The maximum Gasteiger partial charge on any atom is 0.240 e. The van der Waals surface area contributed by atoms with Gasteiger partial charge in [0, 0.05) is 27.1 Å². The van der Waals surface area contributed by atoms with E-state index in [0.717, 1.165) is 65.9 Å². The standard InChI is InChI=1S/C51H33N5/c1-2-15-34(16-3-1)37-17-14-18-38(33-37)35-29-31-36(32-30-35)39-19-4-5-24-44(39)49-52-50(55-45-25-10-6-20-40(45)41-21-7-11-26-46(41)55)54-51(53-49)56-47-27-12-8-22-42(47)43-23-9-13-28-48(43)56/h1-33H. The van der Waals surface area contributed by atoms with E-state index >= 15 is 0 Å². The lowest BCUT2D eigenvalue weighted by molar-refractivity contribution is 0.893. The smallest absolute Gasteiger partial charge is 0.240 e. The summed E-state index contributed by atoms with van der Waals surface area (Å²) in [5.74, 6) is 1.73. The second kappa shape index (κ2) is 13.0. The Kier molecular flexibility index (Phi) is 7.42. The first kappa shape index (κ1) is 31.9. The molecular formula is C51H33N5. The Bertz CT molecular complexity index is 3010. The van der Waals surface area contributed by atoms with Gasteiger partial charge in [-0.2, -0.15) is 15.0 Å². The van der Waals surface area contributed by atoms with Gasteiger partial charge in [-0.1, -0.05) is 170 Å². The van der Waals surface area contributed by atoms with Crippen LogP contribution in [0.3, 0.4) is 0 Å². The van der Waals surface area contributed by atoms with Crippen LogP contribution in [0, 0.1) is 0 Å². The minimum absolute atomic E-state index is 0.563. The van der Waals surface area contributed by atoms with Gasteiger partial charge in [0.25, 0.3) is 0 Å². The van der Waals surface area contributed by atoms with Crippen LogP contribution >= 0.6 is 0 Å². The second-order valence-electron chi connectivity index (χ2n) is 14.1. The van der Waals surface area contributed by atoms with Crippen molar-refractivity contribution in [1.82, 2.24) is 24.1 Å². The number of aromatic nitrogens is 5. The van der Waals surface area contributed by atoms with Crippen molar-refractivity contribution in [3.63, 3.8) is 0 Å². The topological polar surface area (TPSA) is 48.5 Å². The van der Waals surface area contributed by atoms with Crippen molar-refractivity contribution < 1.29 is 0 Å². The highest BCUT2D eigenvalue weighted by atomic mass is 15.3. The number of nitrogens with zero attached hydrogens (tertiary/aromatic N) is 5. The van der Waals surface area contributed by atoms with Gasteiger partial charge in [-0.25, -0.2) is 0 Å². The summed E-state index contributed by atoms with van der Waals surface area (Å²) in [5, 5.41) is 4.60. The zero-order valence-electron chi connectivity index (χ0n) is 30.3. The minimum atomic E-state index is 0.563. The number of para-hydroxylation sites is 4. The normalized spacial score (nSPS) is 11.6. The summed E-state index contributed by atoms with van der Waals surface area (Å²) in [4.78, 5) is 16.0. The Morgan fingerprint density at radius 3 is 1.14 bits per heavy atom. The van der Waals surface area contributed by atoms with E-state index in [4.69, 9.17) is 15.0 Å². The van der Waals surface area contributed by atoms with Gasteiger partial charge in [-0.3, -0.25) is 9.13 Å². The fourth-order valence-corrected chi connectivity index (χ4v) is 8.23. The molecule has 0 N–H and O–H groups in total. The number of hydrogen-bond acceptors (Lipinski definition) is 3. The highest BCUT2D eigenvalue weighted by Crippen LogP contribution is 2.37. The van der Waals surface area contributed by atoms with Crippen molar-refractivity contribution in [1.29, 1.82) is 0 Å². The molecule has 0 radical (unpaired) electrons. The predicted molar refractivity (Wildman–Crippen MR) is 230 cm³/mol. The van der Waals surface area contributed by atoms with E-state index in [-0.39, 0.29) is 0 Å². The van der Waals surface area contributed by atoms with Crippen LogP contribution in [-0.2, 0) is 0 Å². The molecule has 0 unspecified atom stereocenters. The van der Waals surface area contributed by atoms with Crippen molar-refractivity contribution in [2.24, 2.45) is 0 Å². The number of fused-ring (bicyclic) bond motifs is 6. The Hall–Kier alpha value is -7.63. The summed E-state index contributed by atoms with van der Waals surface area (Å²) < 4.78 is 4.35. The molecule has 56 heavy (non-hydrogen) atoms. The van der Waals surface area contributed by atoms with E-state index in [0.29, 0.717) is 17.7 Å². The van der Waals surface area contributed by atoms with Gasteiger partial charge in [-0.05, 0) is 63.7 Å². The summed E-state index contributed by atoms with van der Waals surface area (Å²) in [5.41, 5.74) is 12.0. The Morgan fingerprint density at radius 2 is 0.643 bits per heavy atom. The molecule has 0 spiro atoms. The molecule has 0 saturated heterocycles. The van der Waals surface area contributed by atoms with Gasteiger partial charge in [0.1, 0.15) is 0 Å². The fraction of sp³-hybridized carbons (Fsp3) is 0. The summed E-state index contributed by atoms with van der Waals surface area (Å²) in [6.07, 6.45) is 0. The van der Waals surface area contributed by atoms with E-state index in [1.165, 1.54) is 16.7 Å². The van der Waals surface area contributed by atoms with Crippen LogP contribution in [0.15, 0.2) is 200 Å². The maximum atomic E-state index is 5.33. The van der Waals surface area contributed by atoms with E-state index < -0.39 is 0 Å². The third kappa shape index (κ3) is 5.21. The zero-order chi connectivity index (χ0) is 37.0. The van der Waals surface area contributed by atoms with Gasteiger partial charge in [-0.15, -0.1) is 0 Å². The molecule has 3 heterocycles. The highest BCUT2D eigenvalue weighted by molar-refractivity contribution is 6.10. The zero-order valence-corrected chi connectivity index (χ0v) is 30.3. The largest absolute Gasteiger partial charge is 0.278 e. The van der Waals surface area contributed by atoms with E-state index in [9.17, 15) is 0 Å². The lowest BCUT2D eigenvalue weighted by Crippen LogP contribution is -2.10. The van der Waals surface area contributed by atoms with Crippen LogP contribution in [0.4, 0.5) is 0 Å². The molecule has 11 aromatic rings. The Labute approximate surface area is 323 Å². The molecule has 0 bridgehead atoms. The SMILES string of the molecule is c1ccc(-c2cccc(-c3ccc(-c4ccccc4-c4nc(-n5c6ccccc6c6ccccc65)nc(-n5c6ccccc6c6ccccc65)n4)cc3)c2)cc1. The Morgan fingerprint density at radius 1 is 0.268 bits per heavy atom. The quantitative estimate of drug-likeness (QED) is 0.172. The molecule has 0 amide bonds.